The van der Waals surface area contributed by atoms with Crippen molar-refractivity contribution in [1.82, 2.24) is 14.5 Å². The van der Waals surface area contributed by atoms with Crippen LogP contribution in [0.25, 0.3) is 11.4 Å². The zero-order chi connectivity index (χ0) is 14.0. The summed E-state index contributed by atoms with van der Waals surface area (Å²) in [5.41, 5.74) is 2.92. The van der Waals surface area contributed by atoms with Gasteiger partial charge in [0, 0.05) is 12.6 Å². The highest BCUT2D eigenvalue weighted by Crippen LogP contribution is 2.26. The van der Waals surface area contributed by atoms with E-state index in [-0.39, 0.29) is 6.04 Å². The minimum Gasteiger partial charge on any atom is -0.329 e. The molecule has 4 heteroatoms. The van der Waals surface area contributed by atoms with Crippen molar-refractivity contribution in [2.24, 2.45) is 7.05 Å². The van der Waals surface area contributed by atoms with E-state index in [1.807, 2.05) is 67.9 Å². The van der Waals surface area contributed by atoms with E-state index in [0.29, 0.717) is 0 Å². The van der Waals surface area contributed by atoms with Gasteiger partial charge in [0.05, 0.1) is 17.5 Å². The smallest absolute Gasteiger partial charge is 0.140 e. The van der Waals surface area contributed by atoms with Crippen LogP contribution >= 0.6 is 0 Å². The zero-order valence-electron chi connectivity index (χ0n) is 11.8. The third kappa shape index (κ3) is 2.38. The Bertz CT molecular complexity index is 605. The molecule has 1 aromatic carbocycles. The van der Waals surface area contributed by atoms with E-state index in [0.717, 1.165) is 22.8 Å². The number of aryl methyl sites for hydroxylation is 1. The fraction of sp³-hybridized carbons (Fsp3) is 0.333. The second kappa shape index (κ2) is 5.25. The summed E-state index contributed by atoms with van der Waals surface area (Å²) in [6.07, 6.45) is 0. The molecule has 2 rings (SSSR count). The maximum absolute atomic E-state index is 9.35. The fourth-order valence-corrected chi connectivity index (χ4v) is 2.30. The quantitative estimate of drug-likeness (QED) is 0.845. The lowest BCUT2D eigenvalue weighted by Gasteiger charge is -2.18. The highest BCUT2D eigenvalue weighted by Gasteiger charge is 2.22. The highest BCUT2D eigenvalue weighted by molar-refractivity contribution is 5.57. The molecule has 1 aromatic heterocycles. The molecule has 1 unspecified atom stereocenters. The SMILES string of the molecule is Cc1nc(-c2ccccc2)n(C)c1C(C#N)N(C)C. The molecule has 1 atom stereocenters. The van der Waals surface area contributed by atoms with E-state index in [4.69, 9.17) is 0 Å². The van der Waals surface area contributed by atoms with Crippen molar-refractivity contribution in [3.63, 3.8) is 0 Å². The molecule has 2 aromatic rings. The Morgan fingerprint density at radius 3 is 2.42 bits per heavy atom. The van der Waals surface area contributed by atoms with Crippen molar-refractivity contribution in [3.05, 3.63) is 41.7 Å². The Balaban J connectivity index is 2.56. The average Bonchev–Trinajstić information content (AvgIpc) is 2.68. The van der Waals surface area contributed by atoms with Gasteiger partial charge in [0.2, 0.25) is 0 Å². The molecule has 0 amide bonds. The Kier molecular flexibility index (Phi) is 3.68. The van der Waals surface area contributed by atoms with Crippen molar-refractivity contribution in [2.45, 2.75) is 13.0 Å². The van der Waals surface area contributed by atoms with Crippen LogP contribution in [0.2, 0.25) is 0 Å². The molecule has 1 heterocycles. The number of benzene rings is 1. The molecule has 0 aliphatic heterocycles. The molecular weight excluding hydrogens is 236 g/mol. The van der Waals surface area contributed by atoms with Gasteiger partial charge in [-0.15, -0.1) is 0 Å². The second-order valence-electron chi connectivity index (χ2n) is 4.83. The first-order chi connectivity index (χ1) is 9.06. The van der Waals surface area contributed by atoms with E-state index >= 15 is 0 Å². The number of hydrogen-bond donors (Lipinski definition) is 0. The van der Waals surface area contributed by atoms with Crippen molar-refractivity contribution in [1.29, 1.82) is 5.26 Å². The molecule has 0 fully saturated rings. The van der Waals surface area contributed by atoms with Gasteiger partial charge in [-0.1, -0.05) is 30.3 Å². The van der Waals surface area contributed by atoms with Gasteiger partial charge in [-0.05, 0) is 21.0 Å². The summed E-state index contributed by atoms with van der Waals surface area (Å²) < 4.78 is 2.01. The first kappa shape index (κ1) is 13.3. The summed E-state index contributed by atoms with van der Waals surface area (Å²) in [5.74, 6) is 0.898. The van der Waals surface area contributed by atoms with Gasteiger partial charge in [-0.25, -0.2) is 4.98 Å². The van der Waals surface area contributed by atoms with Gasteiger partial charge in [0.25, 0.3) is 0 Å². The number of imidazole rings is 1. The third-order valence-electron chi connectivity index (χ3n) is 3.25. The minimum atomic E-state index is -0.282. The normalized spacial score (nSPS) is 12.4. The van der Waals surface area contributed by atoms with Gasteiger partial charge in [-0.2, -0.15) is 5.26 Å². The van der Waals surface area contributed by atoms with Gasteiger partial charge >= 0.3 is 0 Å². The lowest BCUT2D eigenvalue weighted by atomic mass is 10.1. The summed E-state index contributed by atoms with van der Waals surface area (Å²) in [6, 6.07) is 12.1. The third-order valence-corrected chi connectivity index (χ3v) is 3.25. The van der Waals surface area contributed by atoms with Crippen LogP contribution in [0, 0.1) is 18.3 Å². The molecule has 0 saturated carbocycles. The van der Waals surface area contributed by atoms with Gasteiger partial charge < -0.3 is 4.57 Å². The van der Waals surface area contributed by atoms with Gasteiger partial charge in [0.15, 0.2) is 0 Å². The standard InChI is InChI=1S/C15H18N4/c1-11-14(13(10-16)18(2)3)19(4)15(17-11)12-8-6-5-7-9-12/h5-9,13H,1-4H3. The predicted molar refractivity (Wildman–Crippen MR) is 75.4 cm³/mol. The predicted octanol–water partition coefficient (Wildman–Crippen LogP) is 2.52. The van der Waals surface area contributed by atoms with Crippen LogP contribution < -0.4 is 0 Å². The Hall–Kier alpha value is -2.12. The molecule has 0 spiro atoms. The number of nitriles is 1. The van der Waals surface area contributed by atoms with Crippen molar-refractivity contribution >= 4 is 0 Å². The highest BCUT2D eigenvalue weighted by atomic mass is 15.2. The molecule has 98 valence electrons. The summed E-state index contributed by atoms with van der Waals surface area (Å²) in [4.78, 5) is 6.52. The molecule has 19 heavy (non-hydrogen) atoms. The van der Waals surface area contributed by atoms with Crippen LogP contribution in [-0.2, 0) is 7.05 Å². The average molecular weight is 254 g/mol. The molecule has 0 N–H and O–H groups in total. The molecule has 0 radical (unpaired) electrons. The lowest BCUT2D eigenvalue weighted by Crippen LogP contribution is -2.21. The van der Waals surface area contributed by atoms with Crippen molar-refractivity contribution < 1.29 is 0 Å². The van der Waals surface area contributed by atoms with E-state index in [1.54, 1.807) is 0 Å². The monoisotopic (exact) mass is 254 g/mol. The number of aromatic nitrogens is 2. The Labute approximate surface area is 113 Å². The van der Waals surface area contributed by atoms with Crippen LogP contribution in [0.4, 0.5) is 0 Å². The largest absolute Gasteiger partial charge is 0.329 e. The summed E-state index contributed by atoms with van der Waals surface area (Å²) in [6.45, 7) is 1.95. The zero-order valence-corrected chi connectivity index (χ0v) is 11.8. The lowest BCUT2D eigenvalue weighted by molar-refractivity contribution is 0.346. The molecular formula is C15H18N4. The van der Waals surface area contributed by atoms with E-state index in [1.165, 1.54) is 0 Å². The van der Waals surface area contributed by atoms with Crippen LogP contribution in [0.3, 0.4) is 0 Å². The minimum absolute atomic E-state index is 0.282. The van der Waals surface area contributed by atoms with E-state index < -0.39 is 0 Å². The fourth-order valence-electron chi connectivity index (χ4n) is 2.30. The molecule has 0 saturated heterocycles. The first-order valence-electron chi connectivity index (χ1n) is 6.21. The molecule has 0 aliphatic carbocycles. The van der Waals surface area contributed by atoms with E-state index in [9.17, 15) is 5.26 Å². The maximum Gasteiger partial charge on any atom is 0.140 e. The van der Waals surface area contributed by atoms with Crippen molar-refractivity contribution in [3.8, 4) is 17.5 Å². The topological polar surface area (TPSA) is 44.9 Å². The molecule has 0 bridgehead atoms. The van der Waals surface area contributed by atoms with Gasteiger partial charge in [-0.3, -0.25) is 4.90 Å². The van der Waals surface area contributed by atoms with E-state index in [2.05, 4.69) is 11.1 Å². The molecule has 0 aliphatic rings. The second-order valence-corrected chi connectivity index (χ2v) is 4.83. The summed E-state index contributed by atoms with van der Waals surface area (Å²) >= 11 is 0. The maximum atomic E-state index is 9.35. The first-order valence-corrected chi connectivity index (χ1v) is 6.21. The summed E-state index contributed by atoms with van der Waals surface area (Å²) in [5, 5.41) is 9.35. The van der Waals surface area contributed by atoms with Crippen molar-refractivity contribution in [2.75, 3.05) is 14.1 Å². The number of hydrogen-bond acceptors (Lipinski definition) is 3. The van der Waals surface area contributed by atoms with Crippen LogP contribution in [0.5, 0.6) is 0 Å². The van der Waals surface area contributed by atoms with Crippen LogP contribution in [0.1, 0.15) is 17.4 Å². The number of rotatable bonds is 3. The van der Waals surface area contributed by atoms with Gasteiger partial charge in [0.1, 0.15) is 11.9 Å². The van der Waals surface area contributed by atoms with Crippen LogP contribution in [-0.4, -0.2) is 28.5 Å². The Morgan fingerprint density at radius 2 is 1.89 bits per heavy atom. The summed E-state index contributed by atoms with van der Waals surface area (Å²) in [7, 11) is 5.77. The number of nitrogens with zero attached hydrogens (tertiary/aromatic N) is 4. The van der Waals surface area contributed by atoms with Crippen LogP contribution in [0.15, 0.2) is 30.3 Å². The molecule has 4 nitrogen and oxygen atoms in total. The Morgan fingerprint density at radius 1 is 1.26 bits per heavy atom.